The van der Waals surface area contributed by atoms with Crippen LogP contribution >= 0.6 is 11.3 Å². The molecule has 1 unspecified atom stereocenters. The molecule has 3 aromatic rings. The molecule has 0 spiro atoms. The average molecular weight is 617 g/mol. The van der Waals surface area contributed by atoms with Crippen molar-refractivity contribution in [3.63, 3.8) is 0 Å². The second-order valence-corrected chi connectivity index (χ2v) is 11.8. The van der Waals surface area contributed by atoms with Gasteiger partial charge in [0.05, 0.1) is 36.8 Å². The summed E-state index contributed by atoms with van der Waals surface area (Å²) in [5, 5.41) is 23.8. The van der Waals surface area contributed by atoms with Gasteiger partial charge in [-0.05, 0) is 98.8 Å². The first-order chi connectivity index (χ1) is 21.3. The van der Waals surface area contributed by atoms with E-state index in [1.54, 1.807) is 37.7 Å². The Bertz CT molecular complexity index is 1500. The second-order valence-electron chi connectivity index (χ2n) is 10.7. The predicted octanol–water partition coefficient (Wildman–Crippen LogP) is 6.62. The van der Waals surface area contributed by atoms with Crippen molar-refractivity contribution in [1.29, 1.82) is 5.26 Å². The largest absolute Gasteiger partial charge is 0.493 e. The van der Waals surface area contributed by atoms with Gasteiger partial charge in [-0.3, -0.25) is 9.59 Å². The zero-order chi connectivity index (χ0) is 31.6. The van der Waals surface area contributed by atoms with E-state index in [9.17, 15) is 20.0 Å². The predicted molar refractivity (Wildman–Crippen MR) is 177 cm³/mol. The number of allylic oxidation sites excluding steroid dienone is 1. The van der Waals surface area contributed by atoms with Crippen molar-refractivity contribution >= 4 is 51.2 Å². The van der Waals surface area contributed by atoms with E-state index < -0.39 is 11.9 Å². The molecule has 1 aliphatic heterocycles. The molecule has 1 atom stereocenters. The summed E-state index contributed by atoms with van der Waals surface area (Å²) in [7, 11) is 3.13. The summed E-state index contributed by atoms with van der Waals surface area (Å²) in [5.74, 6) is -0.891. The number of carboxylic acid groups (broad SMARTS) is 1. The average Bonchev–Trinajstić information content (AvgIpc) is 3.52. The SMILES string of the molecule is CCN(CC)c1ccc(NC(=O)CC(C(=O)O)C2CCN(c3ccc(C=C(C#N)c4ccc(OC)c(OC)c4)s3)CC2)cc1. The molecule has 232 valence electrons. The Morgan fingerprint density at radius 3 is 2.34 bits per heavy atom. The second kappa shape index (κ2) is 15.3. The minimum absolute atomic E-state index is 0.0567. The lowest BCUT2D eigenvalue weighted by Crippen LogP contribution is -2.39. The number of carboxylic acids is 1. The maximum Gasteiger partial charge on any atom is 0.307 e. The van der Waals surface area contributed by atoms with Gasteiger partial charge in [0.2, 0.25) is 5.91 Å². The smallest absolute Gasteiger partial charge is 0.307 e. The highest BCUT2D eigenvalue weighted by Gasteiger charge is 2.33. The third-order valence-electron chi connectivity index (χ3n) is 8.14. The monoisotopic (exact) mass is 616 g/mol. The van der Waals surface area contributed by atoms with Gasteiger partial charge in [0.1, 0.15) is 0 Å². The van der Waals surface area contributed by atoms with E-state index in [2.05, 4.69) is 35.0 Å². The van der Waals surface area contributed by atoms with Crippen LogP contribution in [-0.4, -0.2) is 57.4 Å². The van der Waals surface area contributed by atoms with E-state index in [1.807, 2.05) is 48.5 Å². The van der Waals surface area contributed by atoms with Crippen LogP contribution < -0.4 is 24.6 Å². The Labute approximate surface area is 263 Å². The highest BCUT2D eigenvalue weighted by molar-refractivity contribution is 7.17. The lowest BCUT2D eigenvalue weighted by Gasteiger charge is -2.35. The van der Waals surface area contributed by atoms with Crippen molar-refractivity contribution in [2.24, 2.45) is 11.8 Å². The maximum atomic E-state index is 12.8. The van der Waals surface area contributed by atoms with Crippen molar-refractivity contribution in [1.82, 2.24) is 0 Å². The fourth-order valence-electron chi connectivity index (χ4n) is 5.65. The number of rotatable bonds is 13. The Morgan fingerprint density at radius 2 is 1.75 bits per heavy atom. The summed E-state index contributed by atoms with van der Waals surface area (Å²) in [6.07, 6.45) is 3.17. The normalized spacial score (nSPS) is 14.4. The quantitative estimate of drug-likeness (QED) is 0.206. The van der Waals surface area contributed by atoms with Gasteiger partial charge in [0.25, 0.3) is 0 Å². The molecule has 4 rings (SSSR count). The zero-order valence-electron chi connectivity index (χ0n) is 25.7. The molecule has 0 aliphatic carbocycles. The summed E-state index contributed by atoms with van der Waals surface area (Å²) >= 11 is 1.59. The van der Waals surface area contributed by atoms with E-state index in [0.717, 1.165) is 34.2 Å². The number of nitriles is 1. The number of amides is 1. The van der Waals surface area contributed by atoms with Crippen molar-refractivity contribution in [2.45, 2.75) is 33.1 Å². The number of hydrogen-bond acceptors (Lipinski definition) is 8. The maximum absolute atomic E-state index is 12.8. The molecule has 2 aromatic carbocycles. The molecule has 9 nitrogen and oxygen atoms in total. The Hall–Kier alpha value is -4.49. The number of hydrogen-bond donors (Lipinski definition) is 2. The number of ether oxygens (including phenoxy) is 2. The molecular formula is C34H40N4O5S. The molecule has 1 fully saturated rings. The van der Waals surface area contributed by atoms with E-state index in [0.29, 0.717) is 48.7 Å². The number of carbonyl (C=O) groups excluding carboxylic acids is 1. The Balaban J connectivity index is 1.35. The molecular weight excluding hydrogens is 576 g/mol. The number of benzene rings is 2. The van der Waals surface area contributed by atoms with Gasteiger partial charge in [0, 0.05) is 48.9 Å². The summed E-state index contributed by atoms with van der Waals surface area (Å²) in [6, 6.07) is 19.4. The molecule has 1 saturated heterocycles. The minimum Gasteiger partial charge on any atom is -0.493 e. The summed E-state index contributed by atoms with van der Waals surface area (Å²) in [4.78, 5) is 30.5. The summed E-state index contributed by atoms with van der Waals surface area (Å²) in [5.41, 5.74) is 3.00. The molecule has 0 bridgehead atoms. The number of thiophene rings is 1. The van der Waals surface area contributed by atoms with Gasteiger partial charge >= 0.3 is 5.97 Å². The number of piperidine rings is 1. The Morgan fingerprint density at radius 1 is 1.07 bits per heavy atom. The first-order valence-corrected chi connectivity index (χ1v) is 15.7. The van der Waals surface area contributed by atoms with Gasteiger partial charge in [-0.15, -0.1) is 11.3 Å². The molecule has 10 heteroatoms. The molecule has 44 heavy (non-hydrogen) atoms. The summed E-state index contributed by atoms with van der Waals surface area (Å²) < 4.78 is 10.7. The first-order valence-electron chi connectivity index (χ1n) is 14.9. The number of nitrogens with one attached hydrogen (secondary N) is 1. The Kier molecular flexibility index (Phi) is 11.3. The standard InChI is InChI=1S/C34H40N4O5S/c1-5-37(6-2)27-10-8-26(9-11-27)36-32(39)21-29(34(40)41)23-15-17-38(18-16-23)33-14-12-28(44-33)19-25(22-35)24-7-13-30(42-3)31(20-24)43-4/h7-14,19-20,23,29H,5-6,15-18,21H2,1-4H3,(H,36,39)(H,40,41). The van der Waals surface area contributed by atoms with Crippen LogP contribution in [0.15, 0.2) is 54.6 Å². The van der Waals surface area contributed by atoms with Crippen LogP contribution in [0, 0.1) is 23.2 Å². The zero-order valence-corrected chi connectivity index (χ0v) is 26.5. The molecule has 1 aliphatic rings. The van der Waals surface area contributed by atoms with Crippen molar-refractivity contribution in [3.8, 4) is 17.6 Å². The van der Waals surface area contributed by atoms with Crippen LogP contribution in [0.5, 0.6) is 11.5 Å². The van der Waals surface area contributed by atoms with Crippen LogP contribution in [0.25, 0.3) is 11.6 Å². The number of methoxy groups -OCH3 is 2. The van der Waals surface area contributed by atoms with Crippen molar-refractivity contribution in [3.05, 3.63) is 65.0 Å². The number of aliphatic carboxylic acids is 1. The number of carbonyl (C=O) groups is 2. The van der Waals surface area contributed by atoms with Crippen LogP contribution in [0.3, 0.4) is 0 Å². The van der Waals surface area contributed by atoms with Gasteiger partial charge in [-0.2, -0.15) is 5.26 Å². The van der Waals surface area contributed by atoms with E-state index >= 15 is 0 Å². The molecule has 2 N–H and O–H groups in total. The van der Waals surface area contributed by atoms with Gasteiger partial charge in [-0.1, -0.05) is 0 Å². The van der Waals surface area contributed by atoms with Gasteiger partial charge < -0.3 is 29.7 Å². The molecule has 0 radical (unpaired) electrons. The molecule has 1 amide bonds. The topological polar surface area (TPSA) is 115 Å². The first kappa shape index (κ1) is 32.4. The third kappa shape index (κ3) is 7.91. The molecule has 2 heterocycles. The number of nitrogens with zero attached hydrogens (tertiary/aromatic N) is 3. The molecule has 1 aromatic heterocycles. The highest BCUT2D eigenvalue weighted by Crippen LogP contribution is 2.36. The lowest BCUT2D eigenvalue weighted by atomic mass is 9.82. The van der Waals surface area contributed by atoms with Gasteiger partial charge in [0.15, 0.2) is 11.5 Å². The van der Waals surface area contributed by atoms with Crippen molar-refractivity contribution < 1.29 is 24.2 Å². The minimum atomic E-state index is -0.932. The fraction of sp³-hybridized carbons (Fsp3) is 0.382. The highest BCUT2D eigenvalue weighted by atomic mass is 32.1. The van der Waals surface area contributed by atoms with Crippen LogP contribution in [-0.2, 0) is 9.59 Å². The van der Waals surface area contributed by atoms with E-state index in [4.69, 9.17) is 9.47 Å². The van der Waals surface area contributed by atoms with Crippen LogP contribution in [0.4, 0.5) is 16.4 Å². The van der Waals surface area contributed by atoms with E-state index in [-0.39, 0.29) is 18.2 Å². The van der Waals surface area contributed by atoms with E-state index in [1.165, 1.54) is 0 Å². The van der Waals surface area contributed by atoms with Crippen molar-refractivity contribution in [2.75, 3.05) is 55.5 Å². The van der Waals surface area contributed by atoms with Crippen LogP contribution in [0.1, 0.15) is 43.6 Å². The van der Waals surface area contributed by atoms with Crippen LogP contribution in [0.2, 0.25) is 0 Å². The number of anilines is 3. The van der Waals surface area contributed by atoms with Gasteiger partial charge in [-0.25, -0.2) is 0 Å². The summed E-state index contributed by atoms with van der Waals surface area (Å²) in [6.45, 7) is 7.39. The lowest BCUT2D eigenvalue weighted by molar-refractivity contribution is -0.146. The third-order valence-corrected chi connectivity index (χ3v) is 9.23. The fourth-order valence-corrected chi connectivity index (χ4v) is 6.65. The molecule has 0 saturated carbocycles.